The van der Waals surface area contributed by atoms with Crippen LogP contribution in [0.2, 0.25) is 10.0 Å². The molecule has 0 aliphatic heterocycles. The van der Waals surface area contributed by atoms with E-state index in [0.717, 1.165) is 5.56 Å². The highest BCUT2D eigenvalue weighted by atomic mass is 35.5. The van der Waals surface area contributed by atoms with Crippen molar-refractivity contribution < 1.29 is 19.1 Å². The molecule has 9 heteroatoms. The van der Waals surface area contributed by atoms with Gasteiger partial charge in [-0.3, -0.25) is 14.4 Å². The first-order valence-electron chi connectivity index (χ1n) is 8.23. The van der Waals surface area contributed by atoms with Crippen molar-refractivity contribution in [1.29, 1.82) is 0 Å². The number of ether oxygens (including phenoxy) is 1. The summed E-state index contributed by atoms with van der Waals surface area (Å²) in [7, 11) is 1.50. The van der Waals surface area contributed by atoms with Crippen molar-refractivity contribution in [1.82, 2.24) is 4.90 Å². The Morgan fingerprint density at radius 3 is 2.36 bits per heavy atom. The highest BCUT2D eigenvalue weighted by molar-refractivity contribution is 6.42. The van der Waals surface area contributed by atoms with E-state index in [-0.39, 0.29) is 31.4 Å². The molecule has 0 aromatic heterocycles. The molecule has 0 fully saturated rings. The second-order valence-electron chi connectivity index (χ2n) is 6.00. The first kappa shape index (κ1) is 21.5. The molecule has 2 aromatic rings. The van der Waals surface area contributed by atoms with E-state index in [1.54, 1.807) is 36.4 Å². The standard InChI is InChI=1S/C19H19Cl2N3O4/c1-24(10-18(26)23-13-4-7-15(20)16(21)9-13)19(27)11-28-14-5-2-12(3-6-14)8-17(22)25/h2-7,9H,8,10-11H2,1H3,(H2,22,25)(H,23,26). The van der Waals surface area contributed by atoms with Crippen LogP contribution in [0.5, 0.6) is 5.75 Å². The first-order valence-corrected chi connectivity index (χ1v) is 8.99. The number of hydrogen-bond donors (Lipinski definition) is 2. The third-order valence-corrected chi connectivity index (χ3v) is 4.41. The van der Waals surface area contributed by atoms with E-state index < -0.39 is 5.91 Å². The normalized spacial score (nSPS) is 10.2. The molecule has 0 unspecified atom stereocenters. The minimum atomic E-state index is -0.426. The highest BCUT2D eigenvalue weighted by Crippen LogP contribution is 2.24. The van der Waals surface area contributed by atoms with E-state index in [2.05, 4.69) is 5.32 Å². The molecule has 0 bridgehead atoms. The lowest BCUT2D eigenvalue weighted by molar-refractivity contribution is -0.135. The molecular weight excluding hydrogens is 405 g/mol. The smallest absolute Gasteiger partial charge is 0.260 e. The van der Waals surface area contributed by atoms with Crippen molar-refractivity contribution in [3.8, 4) is 5.75 Å². The molecule has 0 saturated carbocycles. The second-order valence-corrected chi connectivity index (χ2v) is 6.82. The van der Waals surface area contributed by atoms with Gasteiger partial charge in [0.05, 0.1) is 23.0 Å². The summed E-state index contributed by atoms with van der Waals surface area (Å²) in [5.41, 5.74) is 6.36. The maximum absolute atomic E-state index is 12.1. The molecular formula is C19H19Cl2N3O4. The predicted octanol–water partition coefficient (Wildman–Crippen LogP) is 2.50. The quantitative estimate of drug-likeness (QED) is 0.680. The summed E-state index contributed by atoms with van der Waals surface area (Å²) in [6.07, 6.45) is 0.135. The van der Waals surface area contributed by atoms with Gasteiger partial charge in [-0.15, -0.1) is 0 Å². The second kappa shape index (κ2) is 9.96. The van der Waals surface area contributed by atoms with Gasteiger partial charge in [-0.2, -0.15) is 0 Å². The number of rotatable bonds is 8. The minimum absolute atomic E-state index is 0.135. The van der Waals surface area contributed by atoms with E-state index in [1.807, 2.05) is 0 Å². The fraction of sp³-hybridized carbons (Fsp3) is 0.211. The number of anilines is 1. The Kier molecular flexibility index (Phi) is 7.66. The van der Waals surface area contributed by atoms with E-state index in [0.29, 0.717) is 21.5 Å². The maximum Gasteiger partial charge on any atom is 0.260 e. The SMILES string of the molecule is CN(CC(=O)Nc1ccc(Cl)c(Cl)c1)C(=O)COc1ccc(CC(N)=O)cc1. The monoisotopic (exact) mass is 423 g/mol. The maximum atomic E-state index is 12.1. The van der Waals surface area contributed by atoms with Gasteiger partial charge < -0.3 is 20.7 Å². The predicted molar refractivity (Wildman–Crippen MR) is 108 cm³/mol. The van der Waals surface area contributed by atoms with Crippen LogP contribution in [0.25, 0.3) is 0 Å². The van der Waals surface area contributed by atoms with Crippen LogP contribution in [-0.2, 0) is 20.8 Å². The Bertz CT molecular complexity index is 872. The van der Waals surface area contributed by atoms with Gasteiger partial charge in [0.25, 0.3) is 5.91 Å². The van der Waals surface area contributed by atoms with Gasteiger partial charge in [-0.25, -0.2) is 0 Å². The van der Waals surface area contributed by atoms with E-state index in [9.17, 15) is 14.4 Å². The molecule has 0 spiro atoms. The van der Waals surface area contributed by atoms with E-state index in [1.165, 1.54) is 18.0 Å². The lowest BCUT2D eigenvalue weighted by Gasteiger charge is -2.17. The van der Waals surface area contributed by atoms with Crippen LogP contribution in [0.3, 0.4) is 0 Å². The number of nitrogens with two attached hydrogens (primary N) is 1. The van der Waals surface area contributed by atoms with Crippen LogP contribution >= 0.6 is 23.2 Å². The average Bonchev–Trinajstić information content (AvgIpc) is 2.63. The van der Waals surface area contributed by atoms with Gasteiger partial charge in [0.15, 0.2) is 6.61 Å². The number of primary amides is 1. The molecule has 0 atom stereocenters. The topological polar surface area (TPSA) is 102 Å². The number of carbonyl (C=O) groups is 3. The molecule has 0 radical (unpaired) electrons. The summed E-state index contributed by atoms with van der Waals surface area (Å²) in [5.74, 6) is -0.713. The molecule has 0 saturated heterocycles. The van der Waals surface area contributed by atoms with Crippen molar-refractivity contribution in [3.05, 3.63) is 58.1 Å². The van der Waals surface area contributed by atoms with Gasteiger partial charge >= 0.3 is 0 Å². The Balaban J connectivity index is 1.80. The van der Waals surface area contributed by atoms with Crippen LogP contribution in [0.15, 0.2) is 42.5 Å². The molecule has 3 N–H and O–H groups in total. The number of hydrogen-bond acceptors (Lipinski definition) is 4. The van der Waals surface area contributed by atoms with Crippen molar-refractivity contribution in [2.75, 3.05) is 25.5 Å². The lowest BCUT2D eigenvalue weighted by Crippen LogP contribution is -2.37. The molecule has 148 valence electrons. The van der Waals surface area contributed by atoms with Crippen LogP contribution in [-0.4, -0.2) is 42.8 Å². The number of benzene rings is 2. The fourth-order valence-electron chi connectivity index (χ4n) is 2.24. The summed E-state index contributed by atoms with van der Waals surface area (Å²) < 4.78 is 5.41. The summed E-state index contributed by atoms with van der Waals surface area (Å²) >= 11 is 11.7. The van der Waals surface area contributed by atoms with E-state index in [4.69, 9.17) is 33.7 Å². The third-order valence-electron chi connectivity index (χ3n) is 3.67. The number of nitrogens with zero attached hydrogens (tertiary/aromatic N) is 1. The number of carbonyl (C=O) groups excluding carboxylic acids is 3. The molecule has 0 aliphatic carbocycles. The van der Waals surface area contributed by atoms with Crippen LogP contribution < -0.4 is 15.8 Å². The summed E-state index contributed by atoms with van der Waals surface area (Å²) in [6, 6.07) is 11.4. The summed E-state index contributed by atoms with van der Waals surface area (Å²) in [5, 5.41) is 3.34. The first-order chi connectivity index (χ1) is 13.2. The van der Waals surface area contributed by atoms with Gasteiger partial charge in [0.2, 0.25) is 11.8 Å². The van der Waals surface area contributed by atoms with Crippen molar-refractivity contribution >= 4 is 46.6 Å². The van der Waals surface area contributed by atoms with Gasteiger partial charge in [0.1, 0.15) is 5.75 Å². The van der Waals surface area contributed by atoms with E-state index >= 15 is 0 Å². The zero-order valence-corrected chi connectivity index (χ0v) is 16.6. The summed E-state index contributed by atoms with van der Waals surface area (Å²) in [6.45, 7) is -0.383. The molecule has 2 rings (SSSR count). The zero-order valence-electron chi connectivity index (χ0n) is 15.1. The number of halogens is 2. The molecule has 0 aliphatic rings. The number of likely N-dealkylation sites (N-methyl/N-ethyl adjacent to an activating group) is 1. The Morgan fingerprint density at radius 1 is 1.07 bits per heavy atom. The van der Waals surface area contributed by atoms with Crippen LogP contribution in [0.1, 0.15) is 5.56 Å². The molecule has 2 aromatic carbocycles. The van der Waals surface area contributed by atoms with Gasteiger partial charge in [-0.1, -0.05) is 35.3 Å². The Morgan fingerprint density at radius 2 is 1.75 bits per heavy atom. The van der Waals surface area contributed by atoms with Gasteiger partial charge in [0, 0.05) is 12.7 Å². The van der Waals surface area contributed by atoms with Crippen molar-refractivity contribution in [2.45, 2.75) is 6.42 Å². The Hall–Kier alpha value is -2.77. The van der Waals surface area contributed by atoms with Crippen LogP contribution in [0, 0.1) is 0 Å². The van der Waals surface area contributed by atoms with Crippen LogP contribution in [0.4, 0.5) is 5.69 Å². The highest BCUT2D eigenvalue weighted by Gasteiger charge is 2.14. The summed E-state index contributed by atoms with van der Waals surface area (Å²) in [4.78, 5) is 36.3. The minimum Gasteiger partial charge on any atom is -0.484 e. The number of nitrogens with one attached hydrogen (secondary N) is 1. The molecule has 28 heavy (non-hydrogen) atoms. The molecule has 3 amide bonds. The number of amides is 3. The van der Waals surface area contributed by atoms with Crippen molar-refractivity contribution in [2.24, 2.45) is 5.73 Å². The van der Waals surface area contributed by atoms with Gasteiger partial charge in [-0.05, 0) is 35.9 Å². The average molecular weight is 424 g/mol. The molecule has 0 heterocycles. The fourth-order valence-corrected chi connectivity index (χ4v) is 2.54. The molecule has 7 nitrogen and oxygen atoms in total. The lowest BCUT2D eigenvalue weighted by atomic mass is 10.1. The third kappa shape index (κ3) is 6.75. The zero-order chi connectivity index (χ0) is 20.7. The Labute approximate surface area is 172 Å². The largest absolute Gasteiger partial charge is 0.484 e. The van der Waals surface area contributed by atoms with Crippen molar-refractivity contribution in [3.63, 3.8) is 0 Å².